The van der Waals surface area contributed by atoms with Gasteiger partial charge in [-0.3, -0.25) is 15.6 Å². The molecule has 0 saturated carbocycles. The molecule has 7 heteroatoms. The van der Waals surface area contributed by atoms with Crippen LogP contribution < -0.4 is 20.9 Å². The lowest BCUT2D eigenvalue weighted by atomic mass is 10.3. The molecule has 1 rings (SSSR count). The number of carbonyl (C=O) groups is 1. The van der Waals surface area contributed by atoms with Crippen molar-refractivity contribution in [3.63, 3.8) is 0 Å². The van der Waals surface area contributed by atoms with Gasteiger partial charge in [-0.2, -0.15) is 0 Å². The zero-order chi connectivity index (χ0) is 13.5. The first kappa shape index (κ1) is 14.7. The maximum atomic E-state index is 11.7. The van der Waals surface area contributed by atoms with E-state index in [2.05, 4.69) is 32.1 Å². The van der Waals surface area contributed by atoms with Gasteiger partial charge >= 0.3 is 0 Å². The lowest BCUT2D eigenvalue weighted by Gasteiger charge is -2.15. The standard InChI is InChI=1S/C11H14BrN3O2S/c1-7(10(16)14-15-11(18)13-2)17-9-5-3-4-8(12)6-9/h3-7H,1-2H3,(H,14,16)(H2,13,15,18)/t7-/m0/s1. The van der Waals surface area contributed by atoms with Gasteiger partial charge in [-0.1, -0.05) is 22.0 Å². The maximum Gasteiger partial charge on any atom is 0.279 e. The van der Waals surface area contributed by atoms with E-state index in [0.717, 1.165) is 4.47 Å². The second-order valence-electron chi connectivity index (χ2n) is 3.41. The highest BCUT2D eigenvalue weighted by atomic mass is 79.9. The first-order valence-electron chi connectivity index (χ1n) is 5.22. The quantitative estimate of drug-likeness (QED) is 0.576. The Morgan fingerprint density at radius 1 is 1.44 bits per heavy atom. The fourth-order valence-electron chi connectivity index (χ4n) is 1.08. The molecule has 0 aliphatic carbocycles. The Hall–Kier alpha value is -1.34. The number of ether oxygens (including phenoxy) is 1. The van der Waals surface area contributed by atoms with Gasteiger partial charge in [0.15, 0.2) is 11.2 Å². The van der Waals surface area contributed by atoms with Crippen LogP contribution in [0, 0.1) is 0 Å². The monoisotopic (exact) mass is 331 g/mol. The van der Waals surface area contributed by atoms with E-state index in [9.17, 15) is 4.79 Å². The van der Waals surface area contributed by atoms with Gasteiger partial charge in [-0.15, -0.1) is 0 Å². The smallest absolute Gasteiger partial charge is 0.279 e. The largest absolute Gasteiger partial charge is 0.481 e. The molecular formula is C11H14BrN3O2S. The van der Waals surface area contributed by atoms with Gasteiger partial charge in [0.2, 0.25) is 0 Å². The van der Waals surface area contributed by atoms with E-state index in [0.29, 0.717) is 10.9 Å². The highest BCUT2D eigenvalue weighted by molar-refractivity contribution is 9.10. The zero-order valence-corrected chi connectivity index (χ0v) is 12.4. The molecule has 18 heavy (non-hydrogen) atoms. The summed E-state index contributed by atoms with van der Waals surface area (Å²) in [5.41, 5.74) is 4.98. The number of amides is 1. The number of hydrogen-bond acceptors (Lipinski definition) is 3. The third-order valence-electron chi connectivity index (χ3n) is 2.00. The van der Waals surface area contributed by atoms with Gasteiger partial charge in [0, 0.05) is 11.5 Å². The van der Waals surface area contributed by atoms with Crippen LogP contribution in [0.5, 0.6) is 5.75 Å². The van der Waals surface area contributed by atoms with Crippen molar-refractivity contribution >= 4 is 39.2 Å². The van der Waals surface area contributed by atoms with Crippen molar-refractivity contribution in [3.8, 4) is 5.75 Å². The van der Waals surface area contributed by atoms with Crippen molar-refractivity contribution < 1.29 is 9.53 Å². The molecule has 1 atom stereocenters. The molecule has 0 bridgehead atoms. The van der Waals surface area contributed by atoms with Crippen LogP contribution in [0.3, 0.4) is 0 Å². The molecule has 98 valence electrons. The van der Waals surface area contributed by atoms with Crippen molar-refractivity contribution in [1.82, 2.24) is 16.2 Å². The zero-order valence-electron chi connectivity index (χ0n) is 9.99. The summed E-state index contributed by atoms with van der Waals surface area (Å²) >= 11 is 8.15. The summed E-state index contributed by atoms with van der Waals surface area (Å²) in [6.07, 6.45) is -0.633. The molecule has 0 fully saturated rings. The average Bonchev–Trinajstić information content (AvgIpc) is 2.35. The summed E-state index contributed by atoms with van der Waals surface area (Å²) in [5.74, 6) is 0.302. The van der Waals surface area contributed by atoms with Gasteiger partial charge in [-0.25, -0.2) is 0 Å². The minimum Gasteiger partial charge on any atom is -0.481 e. The second-order valence-corrected chi connectivity index (χ2v) is 4.73. The number of carbonyl (C=O) groups excluding carboxylic acids is 1. The minimum absolute atomic E-state index is 0.312. The molecule has 0 unspecified atom stereocenters. The van der Waals surface area contributed by atoms with E-state index in [-0.39, 0.29) is 5.91 Å². The molecule has 1 amide bonds. The predicted octanol–water partition coefficient (Wildman–Crippen LogP) is 1.34. The summed E-state index contributed by atoms with van der Waals surface area (Å²) in [6, 6.07) is 7.28. The highest BCUT2D eigenvalue weighted by Gasteiger charge is 2.14. The first-order chi connectivity index (χ1) is 8.52. The lowest BCUT2D eigenvalue weighted by Crippen LogP contribution is -2.49. The van der Waals surface area contributed by atoms with Crippen molar-refractivity contribution in [3.05, 3.63) is 28.7 Å². The molecule has 1 aromatic carbocycles. The molecule has 1 aromatic rings. The van der Waals surface area contributed by atoms with Gasteiger partial charge in [0.25, 0.3) is 5.91 Å². The molecule has 0 saturated heterocycles. The van der Waals surface area contributed by atoms with Gasteiger partial charge < -0.3 is 10.1 Å². The predicted molar refractivity (Wildman–Crippen MR) is 77.2 cm³/mol. The molecule has 0 aliphatic rings. The van der Waals surface area contributed by atoms with Gasteiger partial charge in [0.1, 0.15) is 5.75 Å². The van der Waals surface area contributed by atoms with Crippen molar-refractivity contribution in [1.29, 1.82) is 0 Å². The summed E-state index contributed by atoms with van der Waals surface area (Å²) in [5, 5.41) is 3.01. The minimum atomic E-state index is -0.633. The Bertz CT molecular complexity index is 442. The fourth-order valence-corrected chi connectivity index (χ4v) is 1.51. The number of halogens is 1. The lowest BCUT2D eigenvalue weighted by molar-refractivity contribution is -0.127. The van der Waals surface area contributed by atoms with E-state index in [1.165, 1.54) is 0 Å². The van der Waals surface area contributed by atoms with E-state index in [1.54, 1.807) is 26.1 Å². The fraction of sp³-hybridized carbons (Fsp3) is 0.273. The number of hydrazine groups is 1. The number of hydrogen-bond donors (Lipinski definition) is 3. The Morgan fingerprint density at radius 3 is 2.78 bits per heavy atom. The summed E-state index contributed by atoms with van der Waals surface area (Å²) < 4.78 is 6.37. The number of rotatable bonds is 3. The SMILES string of the molecule is CNC(=S)NNC(=O)[C@H](C)Oc1cccc(Br)c1. The van der Waals surface area contributed by atoms with Crippen LogP contribution in [0.4, 0.5) is 0 Å². The molecule has 0 spiro atoms. The molecule has 0 radical (unpaired) electrons. The average molecular weight is 332 g/mol. The number of benzene rings is 1. The van der Waals surface area contributed by atoms with Crippen LogP contribution in [-0.2, 0) is 4.79 Å². The van der Waals surface area contributed by atoms with E-state index >= 15 is 0 Å². The van der Waals surface area contributed by atoms with Crippen molar-refractivity contribution in [2.75, 3.05) is 7.05 Å². The first-order valence-corrected chi connectivity index (χ1v) is 6.43. The Labute approximate surface area is 119 Å². The summed E-state index contributed by atoms with van der Waals surface area (Å²) in [7, 11) is 1.66. The van der Waals surface area contributed by atoms with E-state index < -0.39 is 6.10 Å². The normalized spacial score (nSPS) is 11.3. The number of thiocarbonyl (C=S) groups is 1. The third kappa shape index (κ3) is 4.89. The van der Waals surface area contributed by atoms with Crippen LogP contribution in [0.2, 0.25) is 0 Å². The molecule has 5 nitrogen and oxygen atoms in total. The molecule has 0 aromatic heterocycles. The molecule has 0 aliphatic heterocycles. The highest BCUT2D eigenvalue weighted by Crippen LogP contribution is 2.18. The van der Waals surface area contributed by atoms with Crippen LogP contribution in [0.1, 0.15) is 6.92 Å². The van der Waals surface area contributed by atoms with Crippen molar-refractivity contribution in [2.45, 2.75) is 13.0 Å². The summed E-state index contributed by atoms with van der Waals surface area (Å²) in [6.45, 7) is 1.65. The van der Waals surface area contributed by atoms with Crippen molar-refractivity contribution in [2.24, 2.45) is 0 Å². The maximum absolute atomic E-state index is 11.7. The van der Waals surface area contributed by atoms with Gasteiger partial charge in [-0.05, 0) is 37.3 Å². The van der Waals surface area contributed by atoms with Crippen LogP contribution in [0.15, 0.2) is 28.7 Å². The van der Waals surface area contributed by atoms with E-state index in [1.807, 2.05) is 12.1 Å². The number of nitrogens with one attached hydrogen (secondary N) is 3. The van der Waals surface area contributed by atoms with E-state index in [4.69, 9.17) is 17.0 Å². The molecular weight excluding hydrogens is 318 g/mol. The Balaban J connectivity index is 2.47. The topological polar surface area (TPSA) is 62.4 Å². The van der Waals surface area contributed by atoms with Crippen LogP contribution in [0.25, 0.3) is 0 Å². The summed E-state index contributed by atoms with van der Waals surface area (Å²) in [4.78, 5) is 11.7. The third-order valence-corrected chi connectivity index (χ3v) is 2.80. The second kappa shape index (κ2) is 7.17. The Morgan fingerprint density at radius 2 is 2.17 bits per heavy atom. The molecule has 3 N–H and O–H groups in total. The van der Waals surface area contributed by atoms with Crippen LogP contribution >= 0.6 is 28.1 Å². The Kier molecular flexibility index (Phi) is 5.87. The van der Waals surface area contributed by atoms with Gasteiger partial charge in [0.05, 0.1) is 0 Å². The molecule has 0 heterocycles. The van der Waals surface area contributed by atoms with Crippen LogP contribution in [-0.4, -0.2) is 24.2 Å².